The number of benzene rings is 1. The van der Waals surface area contributed by atoms with Gasteiger partial charge in [-0.25, -0.2) is 9.78 Å². The van der Waals surface area contributed by atoms with Crippen LogP contribution < -0.4 is 5.32 Å². The zero-order valence-electron chi connectivity index (χ0n) is 13.8. The van der Waals surface area contributed by atoms with Crippen LogP contribution in [0.3, 0.4) is 0 Å². The number of thiazole rings is 1. The van der Waals surface area contributed by atoms with Crippen molar-refractivity contribution in [1.82, 2.24) is 14.8 Å². The second-order valence-corrected chi connectivity index (χ2v) is 6.93. The summed E-state index contributed by atoms with van der Waals surface area (Å²) in [6.45, 7) is 5.90. The van der Waals surface area contributed by atoms with E-state index in [-0.39, 0.29) is 11.9 Å². The number of piperazine rings is 1. The SMILES string of the molecule is Cc1nc(C)c(C(=O)N2CCN(C(=O)Nc3ccccc3)CC2)s1. The fraction of sp³-hybridized carbons (Fsp3) is 0.353. The molecular formula is C17H20N4O2S. The smallest absolute Gasteiger partial charge is 0.321 e. The third kappa shape index (κ3) is 3.56. The first-order valence-corrected chi connectivity index (χ1v) is 8.70. The summed E-state index contributed by atoms with van der Waals surface area (Å²) in [5.41, 5.74) is 1.56. The van der Waals surface area contributed by atoms with Crippen LogP contribution in [0, 0.1) is 13.8 Å². The molecule has 0 atom stereocenters. The molecule has 126 valence electrons. The standard InChI is InChI=1S/C17H20N4O2S/c1-12-15(24-13(2)18-12)16(22)20-8-10-21(11-9-20)17(23)19-14-6-4-3-5-7-14/h3-7H,8-11H2,1-2H3,(H,19,23). The van der Waals surface area contributed by atoms with E-state index in [4.69, 9.17) is 0 Å². The molecular weight excluding hydrogens is 324 g/mol. The molecule has 1 saturated heterocycles. The lowest BCUT2D eigenvalue weighted by atomic mass is 10.2. The van der Waals surface area contributed by atoms with Crippen LogP contribution in [0.4, 0.5) is 10.5 Å². The van der Waals surface area contributed by atoms with E-state index in [1.165, 1.54) is 11.3 Å². The van der Waals surface area contributed by atoms with E-state index < -0.39 is 0 Å². The van der Waals surface area contributed by atoms with Crippen LogP contribution in [0.15, 0.2) is 30.3 Å². The van der Waals surface area contributed by atoms with Crippen molar-refractivity contribution < 1.29 is 9.59 Å². The van der Waals surface area contributed by atoms with Gasteiger partial charge in [0, 0.05) is 31.9 Å². The molecule has 3 amide bonds. The Bertz CT molecular complexity index is 736. The quantitative estimate of drug-likeness (QED) is 0.911. The number of carbonyl (C=O) groups excluding carboxylic acids is 2. The number of amides is 3. The van der Waals surface area contributed by atoms with Gasteiger partial charge in [0.05, 0.1) is 10.7 Å². The zero-order valence-corrected chi connectivity index (χ0v) is 14.6. The highest BCUT2D eigenvalue weighted by Crippen LogP contribution is 2.20. The Labute approximate surface area is 145 Å². The van der Waals surface area contributed by atoms with E-state index in [0.717, 1.165) is 16.4 Å². The van der Waals surface area contributed by atoms with Gasteiger partial charge in [0.15, 0.2) is 0 Å². The number of rotatable bonds is 2. The van der Waals surface area contributed by atoms with Crippen LogP contribution in [0.1, 0.15) is 20.4 Å². The molecule has 2 aromatic rings. The number of urea groups is 1. The molecule has 0 radical (unpaired) electrons. The predicted molar refractivity (Wildman–Crippen MR) is 94.5 cm³/mol. The second-order valence-electron chi connectivity index (χ2n) is 5.72. The van der Waals surface area contributed by atoms with Crippen molar-refractivity contribution in [1.29, 1.82) is 0 Å². The van der Waals surface area contributed by atoms with Gasteiger partial charge in [0.25, 0.3) is 5.91 Å². The maximum Gasteiger partial charge on any atom is 0.321 e. The van der Waals surface area contributed by atoms with Crippen molar-refractivity contribution in [3.8, 4) is 0 Å². The van der Waals surface area contributed by atoms with Gasteiger partial charge in [-0.05, 0) is 26.0 Å². The van der Waals surface area contributed by atoms with Gasteiger partial charge in [-0.15, -0.1) is 11.3 Å². The molecule has 0 aliphatic carbocycles. The van der Waals surface area contributed by atoms with Crippen LogP contribution in [-0.2, 0) is 0 Å². The number of carbonyl (C=O) groups is 2. The third-order valence-electron chi connectivity index (χ3n) is 3.98. The number of para-hydroxylation sites is 1. The lowest BCUT2D eigenvalue weighted by Crippen LogP contribution is -2.51. The van der Waals surface area contributed by atoms with Gasteiger partial charge in [-0.1, -0.05) is 18.2 Å². The highest BCUT2D eigenvalue weighted by Gasteiger charge is 2.26. The molecule has 1 N–H and O–H groups in total. The molecule has 1 aromatic heterocycles. The highest BCUT2D eigenvalue weighted by atomic mass is 32.1. The topological polar surface area (TPSA) is 65.5 Å². The molecule has 24 heavy (non-hydrogen) atoms. The van der Waals surface area contributed by atoms with Crippen molar-refractivity contribution in [3.63, 3.8) is 0 Å². The average molecular weight is 344 g/mol. The Kier molecular flexibility index (Phi) is 4.80. The summed E-state index contributed by atoms with van der Waals surface area (Å²) in [7, 11) is 0. The lowest BCUT2D eigenvalue weighted by Gasteiger charge is -2.34. The third-order valence-corrected chi connectivity index (χ3v) is 5.04. The highest BCUT2D eigenvalue weighted by molar-refractivity contribution is 7.13. The zero-order chi connectivity index (χ0) is 17.1. The van der Waals surface area contributed by atoms with E-state index in [0.29, 0.717) is 31.1 Å². The van der Waals surface area contributed by atoms with Crippen LogP contribution in [-0.4, -0.2) is 52.9 Å². The summed E-state index contributed by atoms with van der Waals surface area (Å²) in [5.74, 6) is 0.0150. The first-order chi connectivity index (χ1) is 11.5. The van der Waals surface area contributed by atoms with E-state index >= 15 is 0 Å². The van der Waals surface area contributed by atoms with Gasteiger partial charge < -0.3 is 15.1 Å². The predicted octanol–water partition coefficient (Wildman–Crippen LogP) is 2.75. The van der Waals surface area contributed by atoms with E-state index in [2.05, 4.69) is 10.3 Å². The van der Waals surface area contributed by atoms with Gasteiger partial charge in [-0.2, -0.15) is 0 Å². The number of hydrogen-bond donors (Lipinski definition) is 1. The van der Waals surface area contributed by atoms with Gasteiger partial charge in [0.1, 0.15) is 4.88 Å². The number of aryl methyl sites for hydroxylation is 2. The Morgan fingerprint density at radius 2 is 1.67 bits per heavy atom. The van der Waals surface area contributed by atoms with Crippen molar-refractivity contribution in [2.24, 2.45) is 0 Å². The minimum atomic E-state index is -0.127. The molecule has 2 heterocycles. The molecule has 0 bridgehead atoms. The molecule has 0 unspecified atom stereocenters. The van der Waals surface area contributed by atoms with Crippen molar-refractivity contribution in [2.75, 3.05) is 31.5 Å². The minimum Gasteiger partial charge on any atom is -0.334 e. The van der Waals surface area contributed by atoms with Crippen molar-refractivity contribution >= 4 is 29.0 Å². The van der Waals surface area contributed by atoms with E-state index in [1.54, 1.807) is 9.80 Å². The van der Waals surface area contributed by atoms with Gasteiger partial charge in [-0.3, -0.25) is 4.79 Å². The van der Waals surface area contributed by atoms with Crippen LogP contribution in [0.25, 0.3) is 0 Å². The summed E-state index contributed by atoms with van der Waals surface area (Å²) in [6.07, 6.45) is 0. The monoisotopic (exact) mass is 344 g/mol. The average Bonchev–Trinajstić information content (AvgIpc) is 2.93. The number of nitrogens with zero attached hydrogens (tertiary/aromatic N) is 3. The van der Waals surface area contributed by atoms with Crippen LogP contribution in [0.5, 0.6) is 0 Å². The Balaban J connectivity index is 1.56. The molecule has 1 fully saturated rings. The largest absolute Gasteiger partial charge is 0.334 e. The molecule has 7 heteroatoms. The Morgan fingerprint density at radius 1 is 1.04 bits per heavy atom. The summed E-state index contributed by atoms with van der Waals surface area (Å²) >= 11 is 1.43. The van der Waals surface area contributed by atoms with Gasteiger partial charge >= 0.3 is 6.03 Å². The molecule has 1 aliphatic rings. The fourth-order valence-corrected chi connectivity index (χ4v) is 3.60. The summed E-state index contributed by atoms with van der Waals surface area (Å²) in [5, 5.41) is 3.78. The molecule has 0 spiro atoms. The molecule has 3 rings (SSSR count). The number of aromatic nitrogens is 1. The van der Waals surface area contributed by atoms with Crippen molar-refractivity contribution in [3.05, 3.63) is 45.9 Å². The first kappa shape index (κ1) is 16.4. The van der Waals surface area contributed by atoms with E-state index in [1.807, 2.05) is 44.2 Å². The maximum absolute atomic E-state index is 12.6. The molecule has 1 aromatic carbocycles. The Hall–Kier alpha value is -2.41. The van der Waals surface area contributed by atoms with Crippen LogP contribution in [0.2, 0.25) is 0 Å². The summed E-state index contributed by atoms with van der Waals surface area (Å²) < 4.78 is 0. The fourth-order valence-electron chi connectivity index (χ4n) is 2.71. The molecule has 6 nitrogen and oxygen atoms in total. The Morgan fingerprint density at radius 3 is 2.25 bits per heavy atom. The number of hydrogen-bond acceptors (Lipinski definition) is 4. The van der Waals surface area contributed by atoms with Crippen LogP contribution >= 0.6 is 11.3 Å². The van der Waals surface area contributed by atoms with Crippen molar-refractivity contribution in [2.45, 2.75) is 13.8 Å². The number of nitrogens with one attached hydrogen (secondary N) is 1. The van der Waals surface area contributed by atoms with Gasteiger partial charge in [0.2, 0.25) is 0 Å². The number of anilines is 1. The molecule has 0 saturated carbocycles. The minimum absolute atomic E-state index is 0.0150. The lowest BCUT2D eigenvalue weighted by molar-refractivity contribution is 0.0675. The maximum atomic E-state index is 12.6. The second kappa shape index (κ2) is 7.00. The van der Waals surface area contributed by atoms with E-state index in [9.17, 15) is 9.59 Å². The normalized spacial score (nSPS) is 14.6. The molecule has 1 aliphatic heterocycles. The first-order valence-electron chi connectivity index (χ1n) is 7.89. The summed E-state index contributed by atoms with van der Waals surface area (Å²) in [4.78, 5) is 33.4. The summed E-state index contributed by atoms with van der Waals surface area (Å²) in [6, 6.07) is 9.25.